The van der Waals surface area contributed by atoms with Gasteiger partial charge >= 0.3 is 12.1 Å². The smallest absolute Gasteiger partial charge is 0.406 e. The largest absolute Gasteiger partial charge is 0.573 e. The number of hydrogen-bond donors (Lipinski definition) is 1. The fourth-order valence-electron chi connectivity index (χ4n) is 3.77. The Kier molecular flexibility index (Phi) is 6.29. The highest BCUT2D eigenvalue weighted by Gasteiger charge is 2.31. The lowest BCUT2D eigenvalue weighted by Crippen LogP contribution is -2.39. The van der Waals surface area contributed by atoms with Crippen LogP contribution < -0.4 is 16.0 Å². The van der Waals surface area contributed by atoms with Gasteiger partial charge in [-0.05, 0) is 24.1 Å². The number of rotatable bonds is 7. The van der Waals surface area contributed by atoms with Crippen LogP contribution in [-0.2, 0) is 20.1 Å². The lowest BCUT2D eigenvalue weighted by Gasteiger charge is -2.12. The number of alkyl halides is 3. The van der Waals surface area contributed by atoms with E-state index in [0.29, 0.717) is 0 Å². The monoisotopic (exact) mass is 474 g/mol. The van der Waals surface area contributed by atoms with Crippen LogP contribution >= 0.6 is 0 Å². The second-order valence-corrected chi connectivity index (χ2v) is 7.63. The molecule has 0 spiro atoms. The summed E-state index contributed by atoms with van der Waals surface area (Å²) in [5.74, 6) is -0.226. The maximum absolute atomic E-state index is 13.4. The maximum atomic E-state index is 13.4. The number of ether oxygens (including phenoxy) is 1. The average molecular weight is 474 g/mol. The fourth-order valence-corrected chi connectivity index (χ4v) is 3.77. The summed E-state index contributed by atoms with van der Waals surface area (Å²) < 4.78 is 46.2. The molecule has 0 saturated carbocycles. The van der Waals surface area contributed by atoms with E-state index in [1.165, 1.54) is 29.8 Å². The van der Waals surface area contributed by atoms with E-state index < -0.39 is 23.4 Å². The Morgan fingerprint density at radius 1 is 1.03 bits per heavy atom. The SMILES string of the molecule is Cn1c(=O)n(CCCO)c(=O)c2c1nc(-c1cccc(OC(F)(F)F)c1)n2Cc1ccccc1. The number of hydrogen-bond acceptors (Lipinski definition) is 5. The zero-order chi connectivity index (χ0) is 24.5. The van der Waals surface area contributed by atoms with Gasteiger partial charge in [0.15, 0.2) is 11.2 Å². The Bertz CT molecular complexity index is 1440. The second kappa shape index (κ2) is 9.18. The molecule has 0 fully saturated rings. The van der Waals surface area contributed by atoms with Gasteiger partial charge in [0.25, 0.3) is 5.56 Å². The van der Waals surface area contributed by atoms with E-state index in [0.717, 1.165) is 10.1 Å². The van der Waals surface area contributed by atoms with E-state index in [-0.39, 0.29) is 48.7 Å². The molecule has 0 aliphatic carbocycles. The molecule has 0 radical (unpaired) electrons. The van der Waals surface area contributed by atoms with Gasteiger partial charge in [0.2, 0.25) is 0 Å². The summed E-state index contributed by atoms with van der Waals surface area (Å²) in [6.45, 7) is -0.00265. The van der Waals surface area contributed by atoms with Crippen molar-refractivity contribution in [2.24, 2.45) is 7.05 Å². The van der Waals surface area contributed by atoms with Crippen LogP contribution in [0, 0.1) is 0 Å². The van der Waals surface area contributed by atoms with Gasteiger partial charge in [0.05, 0.1) is 0 Å². The number of aliphatic hydroxyl groups excluding tert-OH is 1. The molecule has 4 aromatic rings. The number of aromatic nitrogens is 4. The number of halogens is 3. The molecule has 2 heterocycles. The van der Waals surface area contributed by atoms with Crippen molar-refractivity contribution in [3.8, 4) is 17.1 Å². The molecular formula is C23H21F3N4O4. The fraction of sp³-hybridized carbons (Fsp3) is 0.261. The molecule has 2 aromatic heterocycles. The molecule has 0 aliphatic rings. The first-order valence-electron chi connectivity index (χ1n) is 10.4. The molecule has 1 N–H and O–H groups in total. The van der Waals surface area contributed by atoms with Crippen LogP contribution in [0.5, 0.6) is 5.75 Å². The molecule has 0 amide bonds. The van der Waals surface area contributed by atoms with Crippen molar-refractivity contribution in [1.82, 2.24) is 18.7 Å². The van der Waals surface area contributed by atoms with Crippen LogP contribution in [-0.4, -0.2) is 36.8 Å². The van der Waals surface area contributed by atoms with Crippen LogP contribution in [0.25, 0.3) is 22.6 Å². The molecule has 0 unspecified atom stereocenters. The summed E-state index contributed by atoms with van der Waals surface area (Å²) >= 11 is 0. The molecule has 4 rings (SSSR count). The first kappa shape index (κ1) is 23.3. The van der Waals surface area contributed by atoms with E-state index in [1.807, 2.05) is 30.3 Å². The third-order valence-electron chi connectivity index (χ3n) is 5.28. The minimum Gasteiger partial charge on any atom is -0.406 e. The predicted molar refractivity (Wildman–Crippen MR) is 119 cm³/mol. The molecule has 178 valence electrons. The molecule has 8 nitrogen and oxygen atoms in total. The van der Waals surface area contributed by atoms with E-state index in [4.69, 9.17) is 5.11 Å². The third-order valence-corrected chi connectivity index (χ3v) is 5.28. The van der Waals surface area contributed by atoms with Crippen molar-refractivity contribution in [3.05, 3.63) is 81.0 Å². The highest BCUT2D eigenvalue weighted by molar-refractivity contribution is 5.77. The van der Waals surface area contributed by atoms with Crippen LogP contribution in [0.15, 0.2) is 64.2 Å². The first-order chi connectivity index (χ1) is 16.2. The number of aliphatic hydroxyl groups is 1. The van der Waals surface area contributed by atoms with Crippen molar-refractivity contribution in [1.29, 1.82) is 0 Å². The summed E-state index contributed by atoms with van der Waals surface area (Å²) in [4.78, 5) is 30.6. The van der Waals surface area contributed by atoms with Gasteiger partial charge in [-0.3, -0.25) is 13.9 Å². The summed E-state index contributed by atoms with van der Waals surface area (Å²) in [7, 11) is 1.46. The van der Waals surface area contributed by atoms with Crippen molar-refractivity contribution < 1.29 is 23.0 Å². The summed E-state index contributed by atoms with van der Waals surface area (Å²) in [5.41, 5.74) is 0.132. The predicted octanol–water partition coefficient (Wildman–Crippen LogP) is 2.89. The Hall–Kier alpha value is -3.86. The minimum absolute atomic E-state index is 0.0126. The van der Waals surface area contributed by atoms with Crippen LogP contribution in [0.2, 0.25) is 0 Å². The summed E-state index contributed by atoms with van der Waals surface area (Å²) in [5, 5.41) is 9.17. The first-order valence-corrected chi connectivity index (χ1v) is 10.4. The standard InChI is InChI=1S/C23H21F3N4O4/c1-28-20-18(21(32)29(22(28)33)11-6-12-31)30(14-15-7-3-2-4-8-15)19(27-20)16-9-5-10-17(13-16)34-23(24,25)26/h2-5,7-10,13,31H,6,11-12,14H2,1H3. The van der Waals surface area contributed by atoms with Crippen molar-refractivity contribution >= 4 is 11.2 Å². The van der Waals surface area contributed by atoms with Crippen LogP contribution in [0.4, 0.5) is 13.2 Å². The Morgan fingerprint density at radius 2 is 1.76 bits per heavy atom. The highest BCUT2D eigenvalue weighted by atomic mass is 19.4. The van der Waals surface area contributed by atoms with Gasteiger partial charge in [-0.25, -0.2) is 9.78 Å². The lowest BCUT2D eigenvalue weighted by molar-refractivity contribution is -0.274. The molecule has 2 aromatic carbocycles. The third kappa shape index (κ3) is 4.60. The summed E-state index contributed by atoms with van der Waals surface area (Å²) in [6, 6.07) is 14.4. The average Bonchev–Trinajstić information content (AvgIpc) is 3.17. The normalized spacial score (nSPS) is 11.8. The van der Waals surface area contributed by atoms with Gasteiger partial charge in [-0.15, -0.1) is 13.2 Å². The van der Waals surface area contributed by atoms with E-state index >= 15 is 0 Å². The number of nitrogens with zero attached hydrogens (tertiary/aromatic N) is 4. The molecule has 0 bridgehead atoms. The van der Waals surface area contributed by atoms with Gasteiger partial charge in [0, 0.05) is 32.3 Å². The number of aryl methyl sites for hydroxylation is 1. The van der Waals surface area contributed by atoms with Crippen LogP contribution in [0.1, 0.15) is 12.0 Å². The molecule has 0 saturated heterocycles. The Labute approximate surface area is 191 Å². The van der Waals surface area contributed by atoms with E-state index in [1.54, 1.807) is 10.6 Å². The van der Waals surface area contributed by atoms with Crippen LogP contribution in [0.3, 0.4) is 0 Å². The Balaban J connectivity index is 1.98. The van der Waals surface area contributed by atoms with Crippen molar-refractivity contribution in [3.63, 3.8) is 0 Å². The second-order valence-electron chi connectivity index (χ2n) is 7.63. The van der Waals surface area contributed by atoms with Crippen molar-refractivity contribution in [2.75, 3.05) is 6.61 Å². The van der Waals surface area contributed by atoms with Gasteiger partial charge < -0.3 is 14.4 Å². The van der Waals surface area contributed by atoms with E-state index in [9.17, 15) is 22.8 Å². The van der Waals surface area contributed by atoms with Crippen molar-refractivity contribution in [2.45, 2.75) is 25.9 Å². The van der Waals surface area contributed by atoms with Gasteiger partial charge in [0.1, 0.15) is 11.6 Å². The van der Waals surface area contributed by atoms with Gasteiger partial charge in [-0.2, -0.15) is 0 Å². The van der Waals surface area contributed by atoms with E-state index in [2.05, 4.69) is 9.72 Å². The molecule has 34 heavy (non-hydrogen) atoms. The topological polar surface area (TPSA) is 91.3 Å². The lowest BCUT2D eigenvalue weighted by atomic mass is 10.2. The zero-order valence-corrected chi connectivity index (χ0v) is 18.1. The molecule has 0 atom stereocenters. The number of imidazole rings is 1. The number of fused-ring (bicyclic) bond motifs is 1. The zero-order valence-electron chi connectivity index (χ0n) is 18.1. The molecular weight excluding hydrogens is 453 g/mol. The minimum atomic E-state index is -4.87. The maximum Gasteiger partial charge on any atom is 0.573 e. The summed E-state index contributed by atoms with van der Waals surface area (Å²) in [6.07, 6.45) is -4.66. The highest BCUT2D eigenvalue weighted by Crippen LogP contribution is 2.29. The quantitative estimate of drug-likeness (QED) is 0.445. The Morgan fingerprint density at radius 3 is 2.44 bits per heavy atom. The number of benzene rings is 2. The van der Waals surface area contributed by atoms with Gasteiger partial charge in [-0.1, -0.05) is 42.5 Å². The molecule has 0 aliphatic heterocycles. The molecule has 11 heteroatoms.